The molecule has 1 aromatic heterocycles. The van der Waals surface area contributed by atoms with Crippen molar-refractivity contribution < 1.29 is 5.11 Å². The van der Waals surface area contributed by atoms with Gasteiger partial charge in [-0.25, -0.2) is 0 Å². The van der Waals surface area contributed by atoms with Crippen LogP contribution in [-0.4, -0.2) is 16.2 Å². The van der Waals surface area contributed by atoms with Gasteiger partial charge in [0, 0.05) is 18.1 Å². The molecule has 2 rings (SSSR count). The number of rotatable bonds is 3. The average molecular weight is 204 g/mol. The van der Waals surface area contributed by atoms with Crippen molar-refractivity contribution in [2.24, 2.45) is 5.73 Å². The molecule has 0 bridgehead atoms. The Labute approximate surface area is 89.1 Å². The summed E-state index contributed by atoms with van der Waals surface area (Å²) in [6, 6.07) is 5.62. The van der Waals surface area contributed by atoms with Gasteiger partial charge in [-0.1, -0.05) is 6.07 Å². The van der Waals surface area contributed by atoms with E-state index in [9.17, 15) is 5.11 Å². The Morgan fingerprint density at radius 2 is 2.20 bits per heavy atom. The van der Waals surface area contributed by atoms with Crippen molar-refractivity contribution in [3.63, 3.8) is 0 Å². The van der Waals surface area contributed by atoms with Crippen LogP contribution in [0.15, 0.2) is 24.4 Å². The van der Waals surface area contributed by atoms with Crippen molar-refractivity contribution in [1.82, 2.24) is 4.57 Å². The zero-order chi connectivity index (χ0) is 10.8. The molecule has 0 radical (unpaired) electrons. The van der Waals surface area contributed by atoms with Gasteiger partial charge in [0.15, 0.2) is 0 Å². The number of aromatic hydroxyl groups is 1. The van der Waals surface area contributed by atoms with Crippen LogP contribution in [0.5, 0.6) is 5.75 Å². The van der Waals surface area contributed by atoms with Gasteiger partial charge in [0.05, 0.1) is 5.52 Å². The molecule has 0 aliphatic heterocycles. The van der Waals surface area contributed by atoms with Crippen LogP contribution in [0.1, 0.15) is 12.5 Å². The van der Waals surface area contributed by atoms with E-state index in [0.717, 1.165) is 29.4 Å². The molecule has 0 aliphatic rings. The summed E-state index contributed by atoms with van der Waals surface area (Å²) in [5, 5.41) is 10.8. The van der Waals surface area contributed by atoms with Crippen molar-refractivity contribution in [3.05, 3.63) is 30.0 Å². The fourth-order valence-corrected chi connectivity index (χ4v) is 2.03. The highest BCUT2D eigenvalue weighted by atomic mass is 16.3. The molecule has 1 heterocycles. The van der Waals surface area contributed by atoms with Crippen LogP contribution in [0.3, 0.4) is 0 Å². The van der Waals surface area contributed by atoms with Crippen molar-refractivity contribution in [2.45, 2.75) is 19.9 Å². The molecule has 3 heteroatoms. The number of phenolic OH excluding ortho intramolecular Hbond substituents is 1. The largest absolute Gasteiger partial charge is 0.507 e. The zero-order valence-electron chi connectivity index (χ0n) is 8.90. The molecule has 15 heavy (non-hydrogen) atoms. The number of aryl methyl sites for hydroxylation is 1. The first-order chi connectivity index (χ1) is 7.27. The number of nitrogens with zero attached hydrogens (tertiary/aromatic N) is 1. The summed E-state index contributed by atoms with van der Waals surface area (Å²) in [6.45, 7) is 3.61. The monoisotopic (exact) mass is 204 g/mol. The minimum atomic E-state index is 0.350. The predicted octanol–water partition coefficient (Wildman–Crippen LogP) is 1.87. The third-order valence-corrected chi connectivity index (χ3v) is 2.72. The van der Waals surface area contributed by atoms with Gasteiger partial charge in [-0.3, -0.25) is 0 Å². The molecule has 2 aromatic rings. The molecular formula is C12H16N2O. The number of phenols is 1. The van der Waals surface area contributed by atoms with E-state index in [4.69, 9.17) is 5.73 Å². The minimum absolute atomic E-state index is 0.350. The van der Waals surface area contributed by atoms with Gasteiger partial charge in [0.2, 0.25) is 0 Å². The van der Waals surface area contributed by atoms with E-state index in [0.29, 0.717) is 12.3 Å². The summed E-state index contributed by atoms with van der Waals surface area (Å²) in [5.74, 6) is 0.350. The van der Waals surface area contributed by atoms with Crippen LogP contribution in [0.2, 0.25) is 0 Å². The van der Waals surface area contributed by atoms with E-state index in [2.05, 4.69) is 17.7 Å². The Morgan fingerprint density at radius 3 is 2.87 bits per heavy atom. The second-order valence-corrected chi connectivity index (χ2v) is 3.65. The normalized spacial score (nSPS) is 11.1. The van der Waals surface area contributed by atoms with Crippen molar-refractivity contribution in [1.29, 1.82) is 0 Å². The molecule has 0 atom stereocenters. The van der Waals surface area contributed by atoms with E-state index in [-0.39, 0.29) is 0 Å². The van der Waals surface area contributed by atoms with Gasteiger partial charge < -0.3 is 15.4 Å². The number of benzene rings is 1. The molecule has 80 valence electrons. The standard InChI is InChI=1S/C12H16N2O/c1-2-14-8-9(6-7-13)12-10(14)4-3-5-11(12)15/h3-5,8,15H,2,6-7,13H2,1H3. The van der Waals surface area contributed by atoms with Gasteiger partial charge in [-0.05, 0) is 37.6 Å². The number of fused-ring (bicyclic) bond motifs is 1. The van der Waals surface area contributed by atoms with E-state index in [1.807, 2.05) is 12.1 Å². The van der Waals surface area contributed by atoms with Crippen LogP contribution >= 0.6 is 0 Å². The number of nitrogens with two attached hydrogens (primary N) is 1. The van der Waals surface area contributed by atoms with Gasteiger partial charge in [0.25, 0.3) is 0 Å². The van der Waals surface area contributed by atoms with Crippen molar-refractivity contribution >= 4 is 10.9 Å². The minimum Gasteiger partial charge on any atom is -0.507 e. The molecule has 0 fully saturated rings. The second kappa shape index (κ2) is 3.95. The lowest BCUT2D eigenvalue weighted by molar-refractivity contribution is 0.481. The maximum Gasteiger partial charge on any atom is 0.125 e. The predicted molar refractivity (Wildman–Crippen MR) is 62.0 cm³/mol. The number of hydrogen-bond donors (Lipinski definition) is 2. The molecule has 0 unspecified atom stereocenters. The molecular weight excluding hydrogens is 188 g/mol. The number of hydrogen-bond acceptors (Lipinski definition) is 2. The molecule has 0 saturated carbocycles. The second-order valence-electron chi connectivity index (χ2n) is 3.65. The highest BCUT2D eigenvalue weighted by Crippen LogP contribution is 2.29. The van der Waals surface area contributed by atoms with Crippen LogP contribution in [-0.2, 0) is 13.0 Å². The van der Waals surface area contributed by atoms with Crippen molar-refractivity contribution in [3.8, 4) is 5.75 Å². The van der Waals surface area contributed by atoms with Crippen LogP contribution in [0.25, 0.3) is 10.9 Å². The molecule has 0 aliphatic carbocycles. The Morgan fingerprint density at radius 1 is 1.40 bits per heavy atom. The summed E-state index contributed by atoms with van der Waals surface area (Å²) in [5.41, 5.74) is 7.78. The maximum atomic E-state index is 9.83. The van der Waals surface area contributed by atoms with Crippen LogP contribution in [0, 0.1) is 0 Å². The van der Waals surface area contributed by atoms with Gasteiger partial charge >= 0.3 is 0 Å². The maximum absolute atomic E-state index is 9.83. The Bertz CT molecular complexity index is 474. The van der Waals surface area contributed by atoms with E-state index in [1.54, 1.807) is 6.07 Å². The fourth-order valence-electron chi connectivity index (χ4n) is 2.03. The molecule has 0 saturated heterocycles. The first-order valence-corrected chi connectivity index (χ1v) is 5.27. The summed E-state index contributed by atoms with van der Waals surface area (Å²) in [7, 11) is 0. The average Bonchev–Trinajstić information content (AvgIpc) is 2.59. The third kappa shape index (κ3) is 1.59. The van der Waals surface area contributed by atoms with Gasteiger partial charge in [-0.15, -0.1) is 0 Å². The SMILES string of the molecule is CCn1cc(CCN)c2c(O)cccc21. The lowest BCUT2D eigenvalue weighted by atomic mass is 10.1. The summed E-state index contributed by atoms with van der Waals surface area (Å²) >= 11 is 0. The highest BCUT2D eigenvalue weighted by molar-refractivity contribution is 5.89. The molecule has 0 amide bonds. The Balaban J connectivity index is 2.70. The van der Waals surface area contributed by atoms with Crippen LogP contribution < -0.4 is 5.73 Å². The summed E-state index contributed by atoms with van der Waals surface area (Å²) in [6.07, 6.45) is 2.89. The van der Waals surface area contributed by atoms with Crippen LogP contribution in [0.4, 0.5) is 0 Å². The zero-order valence-corrected chi connectivity index (χ0v) is 8.90. The van der Waals surface area contributed by atoms with Gasteiger partial charge in [-0.2, -0.15) is 0 Å². The Hall–Kier alpha value is -1.48. The smallest absolute Gasteiger partial charge is 0.125 e. The third-order valence-electron chi connectivity index (χ3n) is 2.72. The van der Waals surface area contributed by atoms with Crippen molar-refractivity contribution in [2.75, 3.05) is 6.54 Å². The summed E-state index contributed by atoms with van der Waals surface area (Å²) in [4.78, 5) is 0. The number of aromatic nitrogens is 1. The first-order valence-electron chi connectivity index (χ1n) is 5.27. The fraction of sp³-hybridized carbons (Fsp3) is 0.333. The Kier molecular flexibility index (Phi) is 2.64. The first kappa shape index (κ1) is 10.1. The quantitative estimate of drug-likeness (QED) is 0.801. The van der Waals surface area contributed by atoms with Gasteiger partial charge in [0.1, 0.15) is 5.75 Å². The molecule has 3 nitrogen and oxygen atoms in total. The molecule has 0 spiro atoms. The summed E-state index contributed by atoms with van der Waals surface area (Å²) < 4.78 is 2.14. The highest BCUT2D eigenvalue weighted by Gasteiger charge is 2.10. The topological polar surface area (TPSA) is 51.2 Å². The lowest BCUT2D eigenvalue weighted by Crippen LogP contribution is -2.02. The molecule has 3 N–H and O–H groups in total. The molecule has 1 aromatic carbocycles. The van der Waals surface area contributed by atoms with E-state index < -0.39 is 0 Å². The van der Waals surface area contributed by atoms with E-state index >= 15 is 0 Å². The lowest BCUT2D eigenvalue weighted by Gasteiger charge is -2.00. The van der Waals surface area contributed by atoms with E-state index in [1.165, 1.54) is 0 Å².